The van der Waals surface area contributed by atoms with E-state index >= 15 is 0 Å². The van der Waals surface area contributed by atoms with Crippen LogP contribution in [0.4, 0.5) is 4.79 Å². The van der Waals surface area contributed by atoms with Gasteiger partial charge in [0, 0.05) is 35.6 Å². The van der Waals surface area contributed by atoms with Gasteiger partial charge in [-0.25, -0.2) is 4.79 Å². The molecule has 0 atom stereocenters. The fraction of sp³-hybridized carbons (Fsp3) is 0.412. The monoisotopic (exact) mass is 384 g/mol. The zero-order valence-corrected chi connectivity index (χ0v) is 15.2. The van der Waals surface area contributed by atoms with Crippen LogP contribution < -0.4 is 0 Å². The second-order valence-corrected chi connectivity index (χ2v) is 6.71. The maximum Gasteiger partial charge on any atom is 0.407 e. The van der Waals surface area contributed by atoms with Crippen LogP contribution in [-0.4, -0.2) is 46.3 Å². The molecular formula is C17H18Cl2N2O4. The second-order valence-electron chi connectivity index (χ2n) is 5.87. The van der Waals surface area contributed by atoms with Crippen molar-refractivity contribution >= 4 is 46.2 Å². The summed E-state index contributed by atoms with van der Waals surface area (Å²) in [6.07, 6.45) is 0.0967. The summed E-state index contributed by atoms with van der Waals surface area (Å²) < 4.78 is 6.93. The van der Waals surface area contributed by atoms with Crippen LogP contribution in [0.25, 0.3) is 10.9 Å². The molecule has 1 N–H and O–H groups in total. The van der Waals surface area contributed by atoms with Gasteiger partial charge in [-0.1, -0.05) is 23.2 Å². The molecule has 6 nitrogen and oxygen atoms in total. The Hall–Kier alpha value is -1.92. The number of esters is 1. The van der Waals surface area contributed by atoms with Gasteiger partial charge in [-0.05, 0) is 31.0 Å². The number of rotatable bonds is 3. The van der Waals surface area contributed by atoms with Gasteiger partial charge in [0.2, 0.25) is 0 Å². The summed E-state index contributed by atoms with van der Waals surface area (Å²) >= 11 is 12.6. The maximum absolute atomic E-state index is 12.1. The van der Waals surface area contributed by atoms with Crippen LogP contribution in [-0.2, 0) is 28.9 Å². The number of aromatic nitrogens is 1. The molecule has 0 fully saturated rings. The Morgan fingerprint density at radius 1 is 1.24 bits per heavy atom. The number of hydrogen-bond donors (Lipinski definition) is 1. The molecule has 0 saturated carbocycles. The largest absolute Gasteiger partial charge is 0.465 e. The Balaban J connectivity index is 2.13. The molecule has 2 aromatic rings. The van der Waals surface area contributed by atoms with Crippen molar-refractivity contribution in [3.05, 3.63) is 33.4 Å². The smallest absolute Gasteiger partial charge is 0.407 e. The minimum atomic E-state index is -0.944. The van der Waals surface area contributed by atoms with E-state index in [0.717, 1.165) is 22.2 Å². The maximum atomic E-state index is 12.1. The Morgan fingerprint density at radius 3 is 2.64 bits per heavy atom. The van der Waals surface area contributed by atoms with Crippen LogP contribution in [0.3, 0.4) is 0 Å². The van der Waals surface area contributed by atoms with Crippen LogP contribution >= 0.6 is 23.2 Å². The number of hydrogen-bond acceptors (Lipinski definition) is 3. The molecule has 134 valence electrons. The Labute approximate surface area is 154 Å². The van der Waals surface area contributed by atoms with Gasteiger partial charge in [-0.15, -0.1) is 0 Å². The molecule has 0 bridgehead atoms. The number of carboxylic acid groups (broad SMARTS) is 1. The summed E-state index contributed by atoms with van der Waals surface area (Å²) in [5, 5.41) is 11.1. The zero-order chi connectivity index (χ0) is 18.1. The van der Waals surface area contributed by atoms with E-state index in [2.05, 4.69) is 0 Å². The van der Waals surface area contributed by atoms with E-state index < -0.39 is 6.09 Å². The van der Waals surface area contributed by atoms with Crippen LogP contribution in [0.5, 0.6) is 0 Å². The molecule has 25 heavy (non-hydrogen) atoms. The minimum absolute atomic E-state index is 0.0451. The zero-order valence-electron chi connectivity index (χ0n) is 13.7. The molecule has 1 aliphatic rings. The molecule has 1 aromatic carbocycles. The summed E-state index contributed by atoms with van der Waals surface area (Å²) in [5.41, 5.74) is 2.67. The van der Waals surface area contributed by atoms with Crippen LogP contribution in [0, 0.1) is 0 Å². The molecule has 1 aromatic heterocycles. The molecule has 3 rings (SSSR count). The molecule has 8 heteroatoms. The number of carbonyl (C=O) groups is 2. The van der Waals surface area contributed by atoms with Gasteiger partial charge in [-0.3, -0.25) is 4.79 Å². The van der Waals surface area contributed by atoms with E-state index in [0.29, 0.717) is 42.6 Å². The van der Waals surface area contributed by atoms with Gasteiger partial charge in [0.25, 0.3) is 0 Å². The number of halogens is 2. The van der Waals surface area contributed by atoms with E-state index in [1.54, 1.807) is 19.1 Å². The van der Waals surface area contributed by atoms with Crippen molar-refractivity contribution in [3.8, 4) is 0 Å². The fourth-order valence-corrected chi connectivity index (χ4v) is 3.98. The lowest BCUT2D eigenvalue weighted by molar-refractivity contribution is -0.143. The van der Waals surface area contributed by atoms with Crippen LogP contribution in [0.1, 0.15) is 18.2 Å². The first kappa shape index (κ1) is 17.9. The van der Waals surface area contributed by atoms with Gasteiger partial charge in [0.1, 0.15) is 6.54 Å². The molecule has 1 aliphatic heterocycles. The van der Waals surface area contributed by atoms with Crippen LogP contribution in [0.2, 0.25) is 10.0 Å². The highest BCUT2D eigenvalue weighted by Gasteiger charge is 2.26. The van der Waals surface area contributed by atoms with E-state index in [1.165, 1.54) is 4.90 Å². The summed E-state index contributed by atoms with van der Waals surface area (Å²) in [7, 11) is 0. The lowest BCUT2D eigenvalue weighted by Crippen LogP contribution is -2.32. The van der Waals surface area contributed by atoms with Crippen molar-refractivity contribution in [1.29, 1.82) is 0 Å². The van der Waals surface area contributed by atoms with Crippen molar-refractivity contribution in [2.24, 2.45) is 0 Å². The van der Waals surface area contributed by atoms with E-state index in [1.807, 2.05) is 4.57 Å². The van der Waals surface area contributed by atoms with E-state index in [4.69, 9.17) is 27.9 Å². The first-order valence-corrected chi connectivity index (χ1v) is 8.80. The molecule has 1 amide bonds. The molecule has 0 unspecified atom stereocenters. The van der Waals surface area contributed by atoms with Crippen molar-refractivity contribution < 1.29 is 19.4 Å². The lowest BCUT2D eigenvalue weighted by atomic mass is 10.1. The summed E-state index contributed by atoms with van der Waals surface area (Å²) in [5.74, 6) is -0.349. The molecule has 0 saturated heterocycles. The quantitative estimate of drug-likeness (QED) is 0.820. The molecule has 0 radical (unpaired) electrons. The third kappa shape index (κ3) is 3.41. The second kappa shape index (κ2) is 7.14. The average Bonchev–Trinajstić information content (AvgIpc) is 2.69. The van der Waals surface area contributed by atoms with Gasteiger partial charge < -0.3 is 19.3 Å². The van der Waals surface area contributed by atoms with Crippen molar-refractivity contribution in [2.45, 2.75) is 26.3 Å². The van der Waals surface area contributed by atoms with Crippen molar-refractivity contribution in [2.75, 3.05) is 19.7 Å². The highest BCUT2D eigenvalue weighted by molar-refractivity contribution is 6.39. The summed E-state index contributed by atoms with van der Waals surface area (Å²) in [6.45, 7) is 2.86. The predicted octanol–water partition coefficient (Wildman–Crippen LogP) is 3.59. The number of fused-ring (bicyclic) bond motifs is 3. The molecule has 0 spiro atoms. The Bertz CT molecular complexity index is 847. The normalized spacial score (nSPS) is 14.3. The Morgan fingerprint density at radius 2 is 1.96 bits per heavy atom. The number of nitrogens with zero attached hydrogens (tertiary/aromatic N) is 2. The lowest BCUT2D eigenvalue weighted by Gasteiger charge is -2.16. The predicted molar refractivity (Wildman–Crippen MR) is 95.6 cm³/mol. The third-order valence-corrected chi connectivity index (χ3v) is 4.93. The molecular weight excluding hydrogens is 367 g/mol. The average molecular weight is 385 g/mol. The Kier molecular flexibility index (Phi) is 5.11. The topological polar surface area (TPSA) is 71.8 Å². The first-order valence-electron chi connectivity index (χ1n) is 8.04. The first-order chi connectivity index (χ1) is 11.9. The van der Waals surface area contributed by atoms with Crippen molar-refractivity contribution in [3.63, 3.8) is 0 Å². The number of amides is 1. The SMILES string of the molecule is CCOC(=O)Cn1c2c(c3c(Cl)cc(Cl)cc31)CCN(C(=O)O)CC2. The van der Waals surface area contributed by atoms with Gasteiger partial charge in [0.15, 0.2) is 0 Å². The van der Waals surface area contributed by atoms with Gasteiger partial charge in [0.05, 0.1) is 17.1 Å². The standard InChI is InChI=1S/C17H18Cl2N2O4/c1-2-25-15(22)9-21-13-4-6-20(17(23)24)5-3-11(13)16-12(19)7-10(18)8-14(16)21/h7-8H,2-6,9H2,1H3,(H,23,24). The molecule has 2 heterocycles. The fourth-order valence-electron chi connectivity index (χ4n) is 3.39. The molecule has 0 aliphatic carbocycles. The number of ether oxygens (including phenoxy) is 1. The highest BCUT2D eigenvalue weighted by atomic mass is 35.5. The van der Waals surface area contributed by atoms with Gasteiger partial charge in [-0.2, -0.15) is 0 Å². The van der Waals surface area contributed by atoms with E-state index in [-0.39, 0.29) is 12.5 Å². The minimum Gasteiger partial charge on any atom is -0.465 e. The summed E-state index contributed by atoms with van der Waals surface area (Å²) in [4.78, 5) is 24.7. The number of benzene rings is 1. The van der Waals surface area contributed by atoms with Gasteiger partial charge >= 0.3 is 12.1 Å². The third-order valence-electron chi connectivity index (χ3n) is 4.41. The van der Waals surface area contributed by atoms with E-state index in [9.17, 15) is 14.7 Å². The van der Waals surface area contributed by atoms with Crippen molar-refractivity contribution in [1.82, 2.24) is 9.47 Å². The summed E-state index contributed by atoms with van der Waals surface area (Å²) in [6, 6.07) is 3.45. The van der Waals surface area contributed by atoms with Crippen LogP contribution in [0.15, 0.2) is 12.1 Å². The number of carbonyl (C=O) groups excluding carboxylic acids is 1. The highest BCUT2D eigenvalue weighted by Crippen LogP contribution is 2.36.